The fourth-order valence-electron chi connectivity index (χ4n) is 2.77. The summed E-state index contributed by atoms with van der Waals surface area (Å²) in [4.78, 5) is 4.19. The standard InChI is InChI=1S/C22H29F2N3O3.HI/c1-16-9-10-18(20(13-16)29-12-6-11-28-3)15-27-22(25-2)26-14-17-7-4-5-8-19(17)30-21(23)24;/h4-5,7-10,13,21H,6,11-12,14-15H2,1-3H3,(H2,25,26,27);1H. The van der Waals surface area contributed by atoms with E-state index in [0.717, 1.165) is 23.3 Å². The molecule has 172 valence electrons. The van der Waals surface area contributed by atoms with Gasteiger partial charge in [0.1, 0.15) is 11.5 Å². The molecule has 0 radical (unpaired) electrons. The van der Waals surface area contributed by atoms with Crippen molar-refractivity contribution in [3.05, 3.63) is 59.2 Å². The smallest absolute Gasteiger partial charge is 0.387 e. The molecule has 31 heavy (non-hydrogen) atoms. The highest BCUT2D eigenvalue weighted by Gasteiger charge is 2.10. The lowest BCUT2D eigenvalue weighted by molar-refractivity contribution is -0.0504. The van der Waals surface area contributed by atoms with Crippen LogP contribution in [0.25, 0.3) is 0 Å². The van der Waals surface area contributed by atoms with Crippen LogP contribution in [0, 0.1) is 6.92 Å². The number of para-hydroxylation sites is 1. The third-order valence-electron chi connectivity index (χ3n) is 4.28. The predicted octanol–water partition coefficient (Wildman–Crippen LogP) is 4.49. The van der Waals surface area contributed by atoms with Crippen molar-refractivity contribution in [2.24, 2.45) is 4.99 Å². The molecule has 0 saturated carbocycles. The van der Waals surface area contributed by atoms with Gasteiger partial charge in [-0.3, -0.25) is 4.99 Å². The molecule has 0 aromatic heterocycles. The first kappa shape index (κ1) is 26.9. The van der Waals surface area contributed by atoms with Crippen LogP contribution in [0.5, 0.6) is 11.5 Å². The molecule has 0 fully saturated rings. The van der Waals surface area contributed by atoms with Crippen LogP contribution in [0.1, 0.15) is 23.1 Å². The first-order chi connectivity index (χ1) is 14.5. The number of guanidine groups is 1. The minimum absolute atomic E-state index is 0. The van der Waals surface area contributed by atoms with Crippen molar-refractivity contribution < 1.29 is 23.0 Å². The van der Waals surface area contributed by atoms with Gasteiger partial charge >= 0.3 is 6.61 Å². The molecule has 2 aromatic rings. The summed E-state index contributed by atoms with van der Waals surface area (Å²) in [6, 6.07) is 12.7. The van der Waals surface area contributed by atoms with Crippen molar-refractivity contribution in [2.75, 3.05) is 27.4 Å². The summed E-state index contributed by atoms with van der Waals surface area (Å²) < 4.78 is 40.7. The number of hydrogen-bond acceptors (Lipinski definition) is 4. The van der Waals surface area contributed by atoms with E-state index in [1.54, 1.807) is 32.4 Å². The number of nitrogens with one attached hydrogen (secondary N) is 2. The van der Waals surface area contributed by atoms with Crippen LogP contribution in [0.2, 0.25) is 0 Å². The van der Waals surface area contributed by atoms with Crippen molar-refractivity contribution in [3.8, 4) is 11.5 Å². The molecule has 9 heteroatoms. The van der Waals surface area contributed by atoms with Crippen LogP contribution < -0.4 is 20.1 Å². The van der Waals surface area contributed by atoms with Crippen LogP contribution in [0.4, 0.5) is 8.78 Å². The van der Waals surface area contributed by atoms with Crippen molar-refractivity contribution in [1.29, 1.82) is 0 Å². The molecular weight excluding hydrogens is 519 g/mol. The number of hydrogen-bond donors (Lipinski definition) is 2. The second-order valence-electron chi connectivity index (χ2n) is 6.57. The molecule has 0 heterocycles. The number of halogens is 3. The Kier molecular flexibility index (Phi) is 12.8. The zero-order chi connectivity index (χ0) is 21.8. The highest BCUT2D eigenvalue weighted by atomic mass is 127. The maximum Gasteiger partial charge on any atom is 0.387 e. The van der Waals surface area contributed by atoms with Gasteiger partial charge in [-0.15, -0.1) is 24.0 Å². The lowest BCUT2D eigenvalue weighted by atomic mass is 10.1. The van der Waals surface area contributed by atoms with Crippen molar-refractivity contribution >= 4 is 29.9 Å². The molecule has 0 amide bonds. The minimum atomic E-state index is -2.87. The molecule has 0 aliphatic heterocycles. The lowest BCUT2D eigenvalue weighted by Crippen LogP contribution is -2.36. The minimum Gasteiger partial charge on any atom is -0.493 e. The Balaban J connectivity index is 0.00000480. The van der Waals surface area contributed by atoms with E-state index < -0.39 is 6.61 Å². The van der Waals surface area contributed by atoms with Crippen LogP contribution >= 0.6 is 24.0 Å². The summed E-state index contributed by atoms with van der Waals surface area (Å²) in [6.07, 6.45) is 0.806. The molecule has 2 aromatic carbocycles. The third-order valence-corrected chi connectivity index (χ3v) is 4.28. The molecule has 0 aliphatic rings. The number of aryl methyl sites for hydroxylation is 1. The molecule has 2 N–H and O–H groups in total. The van der Waals surface area contributed by atoms with E-state index in [0.29, 0.717) is 31.3 Å². The summed E-state index contributed by atoms with van der Waals surface area (Å²) in [5.74, 6) is 1.48. The van der Waals surface area contributed by atoms with Gasteiger partial charge in [-0.05, 0) is 24.6 Å². The first-order valence-corrected chi connectivity index (χ1v) is 9.72. The highest BCUT2D eigenvalue weighted by Crippen LogP contribution is 2.21. The molecule has 6 nitrogen and oxygen atoms in total. The Bertz CT molecular complexity index is 822. The van der Waals surface area contributed by atoms with Crippen molar-refractivity contribution in [3.63, 3.8) is 0 Å². The Morgan fingerprint density at radius 2 is 1.68 bits per heavy atom. The fourth-order valence-corrected chi connectivity index (χ4v) is 2.77. The van der Waals surface area contributed by atoms with Crippen molar-refractivity contribution in [2.45, 2.75) is 33.0 Å². The van der Waals surface area contributed by atoms with Gasteiger partial charge in [0.2, 0.25) is 0 Å². The summed E-state index contributed by atoms with van der Waals surface area (Å²) in [5, 5.41) is 6.34. The SMILES string of the molecule is CN=C(NCc1ccc(C)cc1OCCCOC)NCc1ccccc1OC(F)F.I. The largest absolute Gasteiger partial charge is 0.493 e. The second-order valence-corrected chi connectivity index (χ2v) is 6.57. The number of alkyl halides is 2. The van der Waals surface area contributed by atoms with Crippen LogP contribution in [-0.2, 0) is 17.8 Å². The fraction of sp³-hybridized carbons (Fsp3) is 0.409. The maximum absolute atomic E-state index is 12.6. The zero-order valence-electron chi connectivity index (χ0n) is 18.0. The summed E-state index contributed by atoms with van der Waals surface area (Å²) in [6.45, 7) is 1.14. The number of benzene rings is 2. The van der Waals surface area contributed by atoms with Gasteiger partial charge in [-0.25, -0.2) is 0 Å². The van der Waals surface area contributed by atoms with Crippen LogP contribution in [0.15, 0.2) is 47.5 Å². The van der Waals surface area contributed by atoms with Gasteiger partial charge in [0.15, 0.2) is 5.96 Å². The number of methoxy groups -OCH3 is 1. The highest BCUT2D eigenvalue weighted by molar-refractivity contribution is 14.0. The lowest BCUT2D eigenvalue weighted by Gasteiger charge is -2.16. The third kappa shape index (κ3) is 9.69. The zero-order valence-corrected chi connectivity index (χ0v) is 20.3. The monoisotopic (exact) mass is 549 g/mol. The van der Waals surface area contributed by atoms with Gasteiger partial charge in [-0.1, -0.05) is 30.3 Å². The first-order valence-electron chi connectivity index (χ1n) is 9.72. The average molecular weight is 549 g/mol. The van der Waals surface area contributed by atoms with Crippen LogP contribution in [0.3, 0.4) is 0 Å². The molecule has 0 spiro atoms. The number of aliphatic imine (C=N–C) groups is 1. The van der Waals surface area contributed by atoms with E-state index in [4.69, 9.17) is 9.47 Å². The van der Waals surface area contributed by atoms with Gasteiger partial charge in [0.25, 0.3) is 0 Å². The molecular formula is C22H30F2IN3O3. The molecule has 0 aliphatic carbocycles. The van der Waals surface area contributed by atoms with Gasteiger partial charge in [0, 0.05) is 51.4 Å². The van der Waals surface area contributed by atoms with E-state index in [1.807, 2.05) is 25.1 Å². The van der Waals surface area contributed by atoms with E-state index in [2.05, 4.69) is 20.4 Å². The van der Waals surface area contributed by atoms with E-state index in [-0.39, 0.29) is 36.3 Å². The number of nitrogens with zero attached hydrogens (tertiary/aromatic N) is 1. The average Bonchev–Trinajstić information content (AvgIpc) is 2.73. The molecule has 0 saturated heterocycles. The van der Waals surface area contributed by atoms with Crippen LogP contribution in [-0.4, -0.2) is 39.9 Å². The number of ether oxygens (including phenoxy) is 3. The quantitative estimate of drug-likeness (QED) is 0.187. The molecule has 2 rings (SSSR count). The predicted molar refractivity (Wildman–Crippen MR) is 129 cm³/mol. The summed E-state index contributed by atoms with van der Waals surface area (Å²) in [7, 11) is 3.31. The Morgan fingerprint density at radius 1 is 1.00 bits per heavy atom. The normalized spacial score (nSPS) is 11.1. The van der Waals surface area contributed by atoms with E-state index in [9.17, 15) is 8.78 Å². The second kappa shape index (κ2) is 14.8. The Labute approximate surface area is 199 Å². The topological polar surface area (TPSA) is 64.1 Å². The number of rotatable bonds is 11. The Hall–Kier alpha value is -2.14. The van der Waals surface area contributed by atoms with E-state index >= 15 is 0 Å². The Morgan fingerprint density at radius 3 is 2.32 bits per heavy atom. The molecule has 0 unspecified atom stereocenters. The van der Waals surface area contributed by atoms with Gasteiger partial charge in [-0.2, -0.15) is 8.78 Å². The summed E-state index contributed by atoms with van der Waals surface area (Å²) in [5.41, 5.74) is 2.71. The summed E-state index contributed by atoms with van der Waals surface area (Å²) >= 11 is 0. The van der Waals surface area contributed by atoms with E-state index in [1.165, 1.54) is 6.07 Å². The molecule has 0 atom stereocenters. The van der Waals surface area contributed by atoms with Gasteiger partial charge in [0.05, 0.1) is 6.61 Å². The van der Waals surface area contributed by atoms with Crippen molar-refractivity contribution in [1.82, 2.24) is 10.6 Å². The molecule has 0 bridgehead atoms. The maximum atomic E-state index is 12.6. The van der Waals surface area contributed by atoms with Gasteiger partial charge < -0.3 is 24.8 Å².